The summed E-state index contributed by atoms with van der Waals surface area (Å²) in [6.45, 7) is 2.06. The fourth-order valence-electron chi connectivity index (χ4n) is 2.62. The average Bonchev–Trinajstić information content (AvgIpc) is 3.10. The Hall–Kier alpha value is -3.53. The SMILES string of the molecule is Cc1ccc(-n2nc3ccc(N=CC=Cc4ccccc4)cc3n2)cc1. The van der Waals surface area contributed by atoms with Crippen LogP contribution in [-0.2, 0) is 0 Å². The van der Waals surface area contributed by atoms with Gasteiger partial charge in [0.25, 0.3) is 0 Å². The van der Waals surface area contributed by atoms with E-state index in [1.807, 2.05) is 60.7 Å². The maximum absolute atomic E-state index is 4.56. The van der Waals surface area contributed by atoms with Gasteiger partial charge in [0.2, 0.25) is 0 Å². The summed E-state index contributed by atoms with van der Waals surface area (Å²) in [5, 5.41) is 9.09. The molecule has 1 aromatic heterocycles. The lowest BCUT2D eigenvalue weighted by Crippen LogP contribution is -1.97. The van der Waals surface area contributed by atoms with Crippen molar-refractivity contribution in [2.75, 3.05) is 0 Å². The van der Waals surface area contributed by atoms with Crippen LogP contribution in [0.15, 0.2) is 83.9 Å². The van der Waals surface area contributed by atoms with E-state index in [4.69, 9.17) is 0 Å². The molecule has 26 heavy (non-hydrogen) atoms. The maximum atomic E-state index is 4.56. The first kappa shape index (κ1) is 16.0. The van der Waals surface area contributed by atoms with Crippen LogP contribution < -0.4 is 0 Å². The van der Waals surface area contributed by atoms with Crippen molar-refractivity contribution >= 4 is 29.0 Å². The number of aliphatic imine (C=N–C) groups is 1. The molecule has 0 atom stereocenters. The predicted octanol–water partition coefficient (Wildman–Crippen LogP) is 5.14. The minimum atomic E-state index is 0.826. The zero-order valence-electron chi connectivity index (χ0n) is 14.4. The summed E-state index contributed by atoms with van der Waals surface area (Å²) in [7, 11) is 0. The zero-order chi connectivity index (χ0) is 17.8. The van der Waals surface area contributed by atoms with E-state index in [0.717, 1.165) is 28.0 Å². The van der Waals surface area contributed by atoms with E-state index in [-0.39, 0.29) is 0 Å². The molecule has 0 amide bonds. The number of benzene rings is 3. The smallest absolute Gasteiger partial charge is 0.115 e. The minimum Gasteiger partial charge on any atom is -0.257 e. The van der Waals surface area contributed by atoms with Gasteiger partial charge >= 0.3 is 0 Å². The number of allylic oxidation sites excluding steroid dienone is 1. The van der Waals surface area contributed by atoms with Crippen LogP contribution in [0.1, 0.15) is 11.1 Å². The third-order valence-electron chi connectivity index (χ3n) is 4.03. The van der Waals surface area contributed by atoms with Crippen LogP contribution in [0.4, 0.5) is 5.69 Å². The molecule has 4 heteroatoms. The molecule has 0 fully saturated rings. The molecular weight excluding hydrogens is 320 g/mol. The first-order chi connectivity index (χ1) is 12.8. The number of nitrogens with zero attached hydrogens (tertiary/aromatic N) is 4. The van der Waals surface area contributed by atoms with Crippen molar-refractivity contribution in [3.63, 3.8) is 0 Å². The lowest BCUT2D eigenvalue weighted by atomic mass is 10.2. The van der Waals surface area contributed by atoms with Crippen molar-refractivity contribution in [1.29, 1.82) is 0 Å². The number of aryl methyl sites for hydroxylation is 1. The first-order valence-corrected chi connectivity index (χ1v) is 8.48. The average molecular weight is 338 g/mol. The summed E-state index contributed by atoms with van der Waals surface area (Å²) in [5.74, 6) is 0. The molecule has 3 aromatic carbocycles. The molecular formula is C22H18N4. The molecule has 1 heterocycles. The van der Waals surface area contributed by atoms with E-state index >= 15 is 0 Å². The quantitative estimate of drug-likeness (QED) is 0.483. The Labute approximate surface area is 152 Å². The summed E-state index contributed by atoms with van der Waals surface area (Å²) in [6.07, 6.45) is 5.75. The van der Waals surface area contributed by atoms with E-state index in [0.29, 0.717) is 0 Å². The van der Waals surface area contributed by atoms with E-state index in [1.54, 1.807) is 11.0 Å². The highest BCUT2D eigenvalue weighted by Gasteiger charge is 2.05. The van der Waals surface area contributed by atoms with Crippen molar-refractivity contribution < 1.29 is 0 Å². The molecule has 0 saturated carbocycles. The van der Waals surface area contributed by atoms with Crippen LogP contribution in [0.2, 0.25) is 0 Å². The monoisotopic (exact) mass is 338 g/mol. The molecule has 0 saturated heterocycles. The fraction of sp³-hybridized carbons (Fsp3) is 0.0455. The van der Waals surface area contributed by atoms with Crippen LogP contribution in [-0.4, -0.2) is 21.2 Å². The Balaban J connectivity index is 1.55. The number of rotatable bonds is 4. The molecule has 0 spiro atoms. The van der Waals surface area contributed by atoms with Crippen molar-refractivity contribution in [3.05, 3.63) is 90.0 Å². The van der Waals surface area contributed by atoms with E-state index in [9.17, 15) is 0 Å². The van der Waals surface area contributed by atoms with Gasteiger partial charge in [-0.25, -0.2) is 0 Å². The largest absolute Gasteiger partial charge is 0.257 e. The van der Waals surface area contributed by atoms with Crippen molar-refractivity contribution in [2.24, 2.45) is 4.99 Å². The second-order valence-corrected chi connectivity index (χ2v) is 6.05. The van der Waals surface area contributed by atoms with Gasteiger partial charge < -0.3 is 0 Å². The summed E-state index contributed by atoms with van der Waals surface area (Å²) in [6, 6.07) is 24.1. The van der Waals surface area contributed by atoms with E-state index in [2.05, 4.69) is 46.4 Å². The Bertz CT molecular complexity index is 1070. The summed E-state index contributed by atoms with van der Waals surface area (Å²) in [5.41, 5.74) is 5.84. The van der Waals surface area contributed by atoms with Crippen LogP contribution in [0.25, 0.3) is 22.8 Å². The van der Waals surface area contributed by atoms with Gasteiger partial charge in [-0.2, -0.15) is 4.80 Å². The lowest BCUT2D eigenvalue weighted by molar-refractivity contribution is 0.765. The van der Waals surface area contributed by atoms with Gasteiger partial charge in [-0.05, 0) is 48.9 Å². The Morgan fingerprint density at radius 3 is 2.42 bits per heavy atom. The second-order valence-electron chi connectivity index (χ2n) is 6.05. The third-order valence-corrected chi connectivity index (χ3v) is 4.03. The van der Waals surface area contributed by atoms with Crippen LogP contribution >= 0.6 is 0 Å². The van der Waals surface area contributed by atoms with Crippen LogP contribution in [0.5, 0.6) is 0 Å². The maximum Gasteiger partial charge on any atom is 0.115 e. The molecule has 126 valence electrons. The minimum absolute atomic E-state index is 0.826. The standard InChI is InChI=1S/C22H18N4/c1-17-9-12-20(13-10-17)26-24-21-14-11-19(16-22(21)25-26)23-15-5-8-18-6-3-2-4-7-18/h2-16H,1H3. The molecule has 0 aliphatic heterocycles. The topological polar surface area (TPSA) is 43.1 Å². The lowest BCUT2D eigenvalue weighted by Gasteiger charge is -1.98. The Morgan fingerprint density at radius 2 is 1.62 bits per heavy atom. The van der Waals surface area contributed by atoms with Gasteiger partial charge in [0.15, 0.2) is 0 Å². The normalized spacial score (nSPS) is 11.7. The highest BCUT2D eigenvalue weighted by Crippen LogP contribution is 2.19. The second kappa shape index (κ2) is 7.15. The van der Waals surface area contributed by atoms with E-state index < -0.39 is 0 Å². The third kappa shape index (κ3) is 3.59. The zero-order valence-corrected chi connectivity index (χ0v) is 14.4. The van der Waals surface area contributed by atoms with Crippen molar-refractivity contribution in [1.82, 2.24) is 15.0 Å². The predicted molar refractivity (Wildman–Crippen MR) is 107 cm³/mol. The van der Waals surface area contributed by atoms with Crippen LogP contribution in [0.3, 0.4) is 0 Å². The highest BCUT2D eigenvalue weighted by atomic mass is 15.5. The van der Waals surface area contributed by atoms with Crippen molar-refractivity contribution in [2.45, 2.75) is 6.92 Å². The molecule has 4 rings (SSSR count). The first-order valence-electron chi connectivity index (χ1n) is 8.48. The number of hydrogen-bond donors (Lipinski definition) is 0. The summed E-state index contributed by atoms with van der Waals surface area (Å²) < 4.78 is 0. The summed E-state index contributed by atoms with van der Waals surface area (Å²) >= 11 is 0. The molecule has 0 bridgehead atoms. The molecule has 0 N–H and O–H groups in total. The Morgan fingerprint density at radius 1 is 0.846 bits per heavy atom. The van der Waals surface area contributed by atoms with Crippen LogP contribution in [0, 0.1) is 6.92 Å². The molecule has 0 radical (unpaired) electrons. The van der Waals surface area contributed by atoms with Gasteiger partial charge in [0, 0.05) is 6.21 Å². The molecule has 4 nitrogen and oxygen atoms in total. The summed E-state index contributed by atoms with van der Waals surface area (Å²) in [4.78, 5) is 6.14. The number of hydrogen-bond acceptors (Lipinski definition) is 3. The number of aromatic nitrogens is 3. The molecule has 0 unspecified atom stereocenters. The fourth-order valence-corrected chi connectivity index (χ4v) is 2.62. The Kier molecular flexibility index (Phi) is 4.39. The van der Waals surface area contributed by atoms with Gasteiger partial charge in [0.1, 0.15) is 11.0 Å². The van der Waals surface area contributed by atoms with E-state index in [1.165, 1.54) is 5.56 Å². The molecule has 4 aromatic rings. The van der Waals surface area contributed by atoms with Crippen molar-refractivity contribution in [3.8, 4) is 5.69 Å². The molecule has 0 aliphatic carbocycles. The van der Waals surface area contributed by atoms with Gasteiger partial charge in [-0.3, -0.25) is 4.99 Å². The van der Waals surface area contributed by atoms with Gasteiger partial charge in [-0.1, -0.05) is 54.1 Å². The van der Waals surface area contributed by atoms with Gasteiger partial charge in [-0.15, -0.1) is 10.2 Å². The van der Waals surface area contributed by atoms with Gasteiger partial charge in [0.05, 0.1) is 11.4 Å². The number of fused-ring (bicyclic) bond motifs is 1. The highest BCUT2D eigenvalue weighted by molar-refractivity contribution is 5.83. The molecule has 0 aliphatic rings.